The molecule has 1 heterocycles. The van der Waals surface area contributed by atoms with Gasteiger partial charge in [0, 0.05) is 0 Å². The molecule has 2 heteroatoms. The van der Waals surface area contributed by atoms with E-state index >= 15 is 0 Å². The predicted molar refractivity (Wildman–Crippen MR) is 59.3 cm³/mol. The maximum atomic E-state index is 6.80. The summed E-state index contributed by atoms with van der Waals surface area (Å²) in [6.07, 6.45) is 2.78. The van der Waals surface area contributed by atoms with Gasteiger partial charge in [0.05, 0.1) is 0 Å². The summed E-state index contributed by atoms with van der Waals surface area (Å²) in [5.41, 5.74) is 0. The van der Waals surface area contributed by atoms with Gasteiger partial charge in [-0.1, -0.05) is 0 Å². The van der Waals surface area contributed by atoms with Crippen molar-refractivity contribution in [2.45, 2.75) is 55.3 Å². The van der Waals surface area contributed by atoms with Gasteiger partial charge in [-0.2, -0.15) is 0 Å². The summed E-state index contributed by atoms with van der Waals surface area (Å²) in [7, 11) is 6.80. The van der Waals surface area contributed by atoms with Gasteiger partial charge in [-0.05, 0) is 0 Å². The molecule has 72 valence electrons. The standard InChI is InChI=1S/C10H21ClGe/c1-9-5-7-12(11,8-6-9)10(2,3)4/h9H,5-8H2,1-4H3. The van der Waals surface area contributed by atoms with E-state index in [2.05, 4.69) is 27.7 Å². The van der Waals surface area contributed by atoms with Gasteiger partial charge in [0.25, 0.3) is 0 Å². The van der Waals surface area contributed by atoms with Crippen molar-refractivity contribution in [1.29, 1.82) is 0 Å². The summed E-state index contributed by atoms with van der Waals surface area (Å²) in [4.78, 5) is 0. The molecule has 0 atom stereocenters. The fourth-order valence-corrected chi connectivity index (χ4v) is 10.8. The van der Waals surface area contributed by atoms with Crippen molar-refractivity contribution in [2.24, 2.45) is 5.92 Å². The van der Waals surface area contributed by atoms with Gasteiger partial charge in [-0.25, -0.2) is 0 Å². The van der Waals surface area contributed by atoms with Crippen LogP contribution in [0.4, 0.5) is 0 Å². The molecule has 0 aromatic heterocycles. The molecule has 0 spiro atoms. The van der Waals surface area contributed by atoms with Crippen molar-refractivity contribution in [2.75, 3.05) is 0 Å². The third kappa shape index (κ3) is 2.20. The minimum atomic E-state index is -1.92. The van der Waals surface area contributed by atoms with Crippen LogP contribution in [-0.4, -0.2) is 12.3 Å². The molecule has 1 aliphatic heterocycles. The van der Waals surface area contributed by atoms with Crippen LogP contribution in [0.15, 0.2) is 0 Å². The van der Waals surface area contributed by atoms with Crippen molar-refractivity contribution in [3.8, 4) is 0 Å². The van der Waals surface area contributed by atoms with Crippen molar-refractivity contribution in [3.05, 3.63) is 0 Å². The second-order valence-corrected chi connectivity index (χ2v) is 18.5. The third-order valence-electron chi connectivity index (χ3n) is 3.41. The normalized spacial score (nSPS) is 38.2. The van der Waals surface area contributed by atoms with Crippen LogP contribution in [0, 0.1) is 5.92 Å². The Balaban J connectivity index is 2.62. The summed E-state index contributed by atoms with van der Waals surface area (Å²) in [5.74, 6) is 0.935. The molecular weight excluding hydrogens is 228 g/mol. The zero-order valence-electron chi connectivity index (χ0n) is 8.78. The number of rotatable bonds is 0. The quantitative estimate of drug-likeness (QED) is 0.558. The zero-order chi connectivity index (χ0) is 9.41. The van der Waals surface area contributed by atoms with Crippen molar-refractivity contribution < 1.29 is 0 Å². The molecule has 12 heavy (non-hydrogen) atoms. The molecule has 1 rings (SSSR count). The molecule has 0 aromatic carbocycles. The number of hydrogen-bond donors (Lipinski definition) is 0. The van der Waals surface area contributed by atoms with Crippen LogP contribution in [0.1, 0.15) is 40.5 Å². The second-order valence-electron chi connectivity index (χ2n) is 5.40. The molecule has 0 aliphatic carbocycles. The Labute approximate surface area is 83.6 Å². The first kappa shape index (κ1) is 10.9. The zero-order valence-corrected chi connectivity index (χ0v) is 11.6. The fraction of sp³-hybridized carbons (Fsp3) is 1.00. The first-order valence-corrected chi connectivity index (χ1v) is 11.8. The van der Waals surface area contributed by atoms with E-state index in [-0.39, 0.29) is 0 Å². The maximum absolute atomic E-state index is 6.80. The van der Waals surface area contributed by atoms with Gasteiger partial charge in [0.15, 0.2) is 0 Å². The molecule has 0 bridgehead atoms. The molecule has 0 N–H and O–H groups in total. The molecule has 0 amide bonds. The van der Waals surface area contributed by atoms with E-state index in [1.54, 1.807) is 0 Å². The first-order chi connectivity index (χ1) is 5.35. The van der Waals surface area contributed by atoms with Gasteiger partial charge in [0.2, 0.25) is 0 Å². The Morgan fingerprint density at radius 1 is 1.17 bits per heavy atom. The van der Waals surface area contributed by atoms with E-state index < -0.39 is 12.3 Å². The summed E-state index contributed by atoms with van der Waals surface area (Å²) >= 11 is -1.92. The summed E-state index contributed by atoms with van der Waals surface area (Å²) in [6.45, 7) is 9.39. The van der Waals surface area contributed by atoms with E-state index in [0.29, 0.717) is 4.25 Å². The van der Waals surface area contributed by atoms with Crippen LogP contribution in [0.25, 0.3) is 0 Å². The summed E-state index contributed by atoms with van der Waals surface area (Å²) in [6, 6.07) is 0. The molecule has 1 fully saturated rings. The van der Waals surface area contributed by atoms with Crippen LogP contribution in [0.3, 0.4) is 0 Å². The number of halogens is 1. The average molecular weight is 249 g/mol. The Morgan fingerprint density at radius 2 is 1.58 bits per heavy atom. The van der Waals surface area contributed by atoms with Gasteiger partial charge in [-0.3, -0.25) is 0 Å². The Hall–Kier alpha value is 0.833. The van der Waals surface area contributed by atoms with Crippen LogP contribution in [0.5, 0.6) is 0 Å². The monoisotopic (exact) mass is 250 g/mol. The van der Waals surface area contributed by atoms with Crippen molar-refractivity contribution in [3.63, 3.8) is 0 Å². The molecule has 0 radical (unpaired) electrons. The van der Waals surface area contributed by atoms with Crippen LogP contribution < -0.4 is 0 Å². The van der Waals surface area contributed by atoms with E-state index in [0.717, 1.165) is 5.92 Å². The van der Waals surface area contributed by atoms with E-state index in [1.165, 1.54) is 23.3 Å². The van der Waals surface area contributed by atoms with Crippen LogP contribution in [-0.2, 0) is 0 Å². The Morgan fingerprint density at radius 3 is 1.92 bits per heavy atom. The molecule has 0 unspecified atom stereocenters. The van der Waals surface area contributed by atoms with Gasteiger partial charge in [0.1, 0.15) is 0 Å². The second kappa shape index (κ2) is 3.53. The van der Waals surface area contributed by atoms with Crippen molar-refractivity contribution >= 4 is 22.3 Å². The topological polar surface area (TPSA) is 0 Å². The van der Waals surface area contributed by atoms with E-state index in [4.69, 9.17) is 10.0 Å². The number of hydrogen-bond acceptors (Lipinski definition) is 0. The molecule has 1 saturated heterocycles. The van der Waals surface area contributed by atoms with E-state index in [1.807, 2.05) is 0 Å². The summed E-state index contributed by atoms with van der Waals surface area (Å²) < 4.78 is 0.446. The first-order valence-electron chi connectivity index (χ1n) is 5.04. The fourth-order valence-electron chi connectivity index (χ4n) is 1.97. The van der Waals surface area contributed by atoms with Gasteiger partial charge < -0.3 is 0 Å². The molecule has 1 aliphatic rings. The molecular formula is C10H21ClGe. The minimum absolute atomic E-state index is 0.446. The predicted octanol–water partition coefficient (Wildman–Crippen LogP) is 4.40. The summed E-state index contributed by atoms with van der Waals surface area (Å²) in [5, 5.41) is 2.76. The van der Waals surface area contributed by atoms with Crippen LogP contribution >= 0.6 is 10.0 Å². The van der Waals surface area contributed by atoms with Crippen LogP contribution in [0.2, 0.25) is 14.8 Å². The average Bonchev–Trinajstić information content (AvgIpc) is 1.93. The molecule has 0 nitrogen and oxygen atoms in total. The molecule has 0 saturated carbocycles. The third-order valence-corrected chi connectivity index (χ3v) is 18.5. The van der Waals surface area contributed by atoms with Gasteiger partial charge >= 0.3 is 83.6 Å². The Bertz CT molecular complexity index is 152. The Kier molecular flexibility index (Phi) is 3.21. The van der Waals surface area contributed by atoms with Gasteiger partial charge in [-0.15, -0.1) is 0 Å². The SMILES string of the molecule is CC1C[CH2][Ge]([Cl])([C](C)(C)C)[CH2]C1. The molecule has 0 aromatic rings. The van der Waals surface area contributed by atoms with Crippen molar-refractivity contribution in [1.82, 2.24) is 0 Å². The van der Waals surface area contributed by atoms with E-state index in [9.17, 15) is 0 Å².